The van der Waals surface area contributed by atoms with Gasteiger partial charge < -0.3 is 10.2 Å². The van der Waals surface area contributed by atoms with E-state index in [2.05, 4.69) is 15.5 Å². The van der Waals surface area contributed by atoms with Crippen molar-refractivity contribution in [2.24, 2.45) is 5.16 Å². The second-order valence-corrected chi connectivity index (χ2v) is 5.07. The number of anilines is 1. The van der Waals surface area contributed by atoms with E-state index in [4.69, 9.17) is 16.4 Å². The first-order valence-corrected chi connectivity index (χ1v) is 6.91. The first-order chi connectivity index (χ1) is 10.6. The summed E-state index contributed by atoms with van der Waals surface area (Å²) in [5, 5.41) is 6.68. The van der Waals surface area contributed by atoms with Gasteiger partial charge in [0.2, 0.25) is 6.10 Å². The molecule has 1 atom stereocenters. The zero-order chi connectivity index (χ0) is 15.5. The number of nitrogens with zero attached hydrogens (tertiary/aromatic N) is 2. The van der Waals surface area contributed by atoms with Crippen molar-refractivity contribution >= 4 is 28.9 Å². The van der Waals surface area contributed by atoms with Crippen molar-refractivity contribution in [2.45, 2.75) is 12.5 Å². The lowest BCUT2D eigenvalue weighted by molar-refractivity contribution is -0.125. The Hall–Kier alpha value is -2.47. The summed E-state index contributed by atoms with van der Waals surface area (Å²) >= 11 is 5.98. The lowest BCUT2D eigenvalue weighted by atomic mass is 10.0. The molecule has 2 aromatic rings. The number of hydrogen-bond acceptors (Lipinski definition) is 4. The molecule has 0 spiro atoms. The van der Waals surface area contributed by atoms with Gasteiger partial charge >= 0.3 is 0 Å². The number of aromatic nitrogens is 1. The third kappa shape index (κ3) is 2.92. The van der Waals surface area contributed by atoms with E-state index in [1.807, 2.05) is 0 Å². The van der Waals surface area contributed by atoms with Crippen molar-refractivity contribution < 1.29 is 14.0 Å². The maximum atomic E-state index is 13.8. The minimum Gasteiger partial charge on any atom is -0.382 e. The van der Waals surface area contributed by atoms with Crippen LogP contribution < -0.4 is 5.32 Å². The van der Waals surface area contributed by atoms with Gasteiger partial charge in [0.1, 0.15) is 5.82 Å². The van der Waals surface area contributed by atoms with Gasteiger partial charge in [-0.05, 0) is 24.3 Å². The van der Waals surface area contributed by atoms with Crippen molar-refractivity contribution in [3.63, 3.8) is 0 Å². The van der Waals surface area contributed by atoms with Crippen molar-refractivity contribution in [1.29, 1.82) is 0 Å². The molecule has 0 aliphatic carbocycles. The fraction of sp³-hybridized carbons (Fsp3) is 0.133. The number of benzene rings is 1. The summed E-state index contributed by atoms with van der Waals surface area (Å²) in [4.78, 5) is 21.1. The van der Waals surface area contributed by atoms with Gasteiger partial charge in [0.25, 0.3) is 5.91 Å². The molecule has 112 valence electrons. The van der Waals surface area contributed by atoms with Crippen LogP contribution in [-0.4, -0.2) is 22.7 Å². The highest BCUT2D eigenvalue weighted by Crippen LogP contribution is 2.25. The van der Waals surface area contributed by atoms with Crippen LogP contribution in [0.5, 0.6) is 0 Å². The van der Waals surface area contributed by atoms with Crippen molar-refractivity contribution in [2.75, 3.05) is 5.32 Å². The fourth-order valence-electron chi connectivity index (χ4n) is 2.10. The van der Waals surface area contributed by atoms with Crippen LogP contribution in [-0.2, 0) is 9.63 Å². The molecular weight excluding hydrogens is 309 g/mol. The van der Waals surface area contributed by atoms with Gasteiger partial charge in [0.15, 0.2) is 0 Å². The highest BCUT2D eigenvalue weighted by atomic mass is 35.5. The first-order valence-electron chi connectivity index (χ1n) is 6.53. The Morgan fingerprint density at radius 3 is 2.95 bits per heavy atom. The predicted octanol–water partition coefficient (Wildman–Crippen LogP) is 3.01. The number of carbonyl (C=O) groups excluding carboxylic acids is 1. The SMILES string of the molecule is O=C(Nc1cccnc1)C1CC(c2c(F)cccc2Cl)=NO1. The summed E-state index contributed by atoms with van der Waals surface area (Å²) in [6.07, 6.45) is 2.43. The molecule has 2 heterocycles. The summed E-state index contributed by atoms with van der Waals surface area (Å²) in [5.74, 6) is -0.873. The van der Waals surface area contributed by atoms with Crippen LogP contribution in [0.15, 0.2) is 47.9 Å². The van der Waals surface area contributed by atoms with Gasteiger partial charge in [-0.2, -0.15) is 0 Å². The van der Waals surface area contributed by atoms with Gasteiger partial charge in [0, 0.05) is 12.6 Å². The van der Waals surface area contributed by atoms with Gasteiger partial charge in [-0.3, -0.25) is 9.78 Å². The van der Waals surface area contributed by atoms with Gasteiger partial charge in [-0.15, -0.1) is 0 Å². The van der Waals surface area contributed by atoms with Crippen LogP contribution in [0.4, 0.5) is 10.1 Å². The van der Waals surface area contributed by atoms with E-state index in [9.17, 15) is 9.18 Å². The van der Waals surface area contributed by atoms with Crippen LogP contribution >= 0.6 is 11.6 Å². The third-order valence-electron chi connectivity index (χ3n) is 3.14. The summed E-state index contributed by atoms with van der Waals surface area (Å²) < 4.78 is 13.8. The largest absolute Gasteiger partial charge is 0.382 e. The number of hydrogen-bond donors (Lipinski definition) is 1. The van der Waals surface area contributed by atoms with Crippen LogP contribution in [0.3, 0.4) is 0 Å². The van der Waals surface area contributed by atoms with Crippen molar-refractivity contribution in [1.82, 2.24) is 4.98 Å². The monoisotopic (exact) mass is 319 g/mol. The van der Waals surface area contributed by atoms with E-state index in [0.717, 1.165) is 0 Å². The number of rotatable bonds is 3. The second-order valence-electron chi connectivity index (χ2n) is 4.66. The molecule has 0 bridgehead atoms. The Morgan fingerprint density at radius 2 is 2.23 bits per heavy atom. The quantitative estimate of drug-likeness (QED) is 0.946. The molecule has 1 aliphatic heterocycles. The minimum absolute atomic E-state index is 0.146. The normalized spacial score (nSPS) is 16.8. The topological polar surface area (TPSA) is 63.6 Å². The highest BCUT2D eigenvalue weighted by Gasteiger charge is 2.31. The van der Waals surface area contributed by atoms with Crippen LogP contribution in [0.25, 0.3) is 0 Å². The number of carbonyl (C=O) groups is 1. The lowest BCUT2D eigenvalue weighted by Gasteiger charge is -2.09. The smallest absolute Gasteiger partial charge is 0.268 e. The van der Waals surface area contributed by atoms with Crippen LogP contribution in [0, 0.1) is 5.82 Å². The molecule has 0 radical (unpaired) electrons. The number of oxime groups is 1. The summed E-state index contributed by atoms with van der Waals surface area (Å²) in [6, 6.07) is 7.75. The van der Waals surface area contributed by atoms with Gasteiger partial charge in [-0.25, -0.2) is 4.39 Å². The van der Waals surface area contributed by atoms with E-state index < -0.39 is 11.9 Å². The molecule has 3 rings (SSSR count). The fourth-order valence-corrected chi connectivity index (χ4v) is 2.37. The zero-order valence-corrected chi connectivity index (χ0v) is 12.0. The lowest BCUT2D eigenvalue weighted by Crippen LogP contribution is -2.28. The van der Waals surface area contributed by atoms with Crippen molar-refractivity contribution in [3.05, 3.63) is 59.1 Å². The number of nitrogens with one attached hydrogen (secondary N) is 1. The summed E-state index contributed by atoms with van der Waals surface area (Å²) in [6.45, 7) is 0. The second kappa shape index (κ2) is 6.11. The van der Waals surface area contributed by atoms with Gasteiger partial charge in [-0.1, -0.05) is 22.8 Å². The van der Waals surface area contributed by atoms with E-state index in [1.165, 1.54) is 18.3 Å². The summed E-state index contributed by atoms with van der Waals surface area (Å²) in [7, 11) is 0. The molecule has 1 aromatic carbocycles. The van der Waals surface area contributed by atoms with E-state index in [-0.39, 0.29) is 22.9 Å². The first kappa shape index (κ1) is 14.5. The third-order valence-corrected chi connectivity index (χ3v) is 3.46. The Kier molecular flexibility index (Phi) is 4.02. The molecule has 0 saturated heterocycles. The van der Waals surface area contributed by atoms with Crippen LogP contribution in [0.2, 0.25) is 5.02 Å². The number of pyridine rings is 1. The van der Waals surface area contributed by atoms with E-state index in [0.29, 0.717) is 11.4 Å². The molecule has 1 aliphatic rings. The average Bonchev–Trinajstić information content (AvgIpc) is 2.98. The van der Waals surface area contributed by atoms with E-state index >= 15 is 0 Å². The molecule has 22 heavy (non-hydrogen) atoms. The molecule has 1 unspecified atom stereocenters. The molecular formula is C15H11ClFN3O2. The zero-order valence-electron chi connectivity index (χ0n) is 11.3. The maximum Gasteiger partial charge on any atom is 0.268 e. The predicted molar refractivity (Wildman–Crippen MR) is 80.3 cm³/mol. The molecule has 0 fully saturated rings. The Morgan fingerprint density at radius 1 is 1.36 bits per heavy atom. The Bertz CT molecular complexity index is 717. The Balaban J connectivity index is 1.70. The highest BCUT2D eigenvalue weighted by molar-refractivity contribution is 6.34. The minimum atomic E-state index is -0.828. The average molecular weight is 320 g/mol. The maximum absolute atomic E-state index is 13.8. The standard InChI is InChI=1S/C15H11ClFN3O2/c16-10-4-1-5-11(17)14(10)12-7-13(22-20-12)15(21)19-9-3-2-6-18-8-9/h1-6,8,13H,7H2,(H,19,21). The van der Waals surface area contributed by atoms with E-state index in [1.54, 1.807) is 24.4 Å². The van der Waals surface area contributed by atoms with Gasteiger partial charge in [0.05, 0.1) is 28.2 Å². The Labute approximate surface area is 130 Å². The number of halogens is 2. The molecule has 1 N–H and O–H groups in total. The molecule has 1 aromatic heterocycles. The summed E-state index contributed by atoms with van der Waals surface area (Å²) in [5.41, 5.74) is 1.03. The molecule has 0 saturated carbocycles. The van der Waals surface area contributed by atoms with Crippen LogP contribution in [0.1, 0.15) is 12.0 Å². The molecule has 1 amide bonds. The van der Waals surface area contributed by atoms with Crippen molar-refractivity contribution in [3.8, 4) is 0 Å². The number of amides is 1. The molecule has 7 heteroatoms. The molecule has 5 nitrogen and oxygen atoms in total.